The highest BCUT2D eigenvalue weighted by Gasteiger charge is 2.41. The summed E-state index contributed by atoms with van der Waals surface area (Å²) in [4.78, 5) is 59.0. The number of rotatable bonds is 8. The van der Waals surface area contributed by atoms with Crippen molar-refractivity contribution in [3.05, 3.63) is 82.8 Å². The van der Waals surface area contributed by atoms with Gasteiger partial charge in [0.25, 0.3) is 11.8 Å². The average Bonchev–Trinajstić information content (AvgIpc) is 3.73. The highest BCUT2D eigenvalue weighted by Crippen LogP contribution is 2.46. The number of hydrogen-bond donors (Lipinski definition) is 3. The molecular weight excluding hydrogens is 814 g/mol. The van der Waals surface area contributed by atoms with E-state index < -0.39 is 40.7 Å². The van der Waals surface area contributed by atoms with Crippen LogP contribution in [0.3, 0.4) is 0 Å². The van der Waals surface area contributed by atoms with Crippen LogP contribution in [0.25, 0.3) is 10.9 Å². The summed E-state index contributed by atoms with van der Waals surface area (Å²) >= 11 is 0. The van der Waals surface area contributed by atoms with Gasteiger partial charge < -0.3 is 20.2 Å². The number of benzene rings is 3. The number of carbonyl (C=O) groups excluding carboxylic acids is 4. The summed E-state index contributed by atoms with van der Waals surface area (Å²) in [6.07, 6.45) is 12.4. The maximum absolute atomic E-state index is 14.2. The Balaban J connectivity index is 0.717. The van der Waals surface area contributed by atoms with Gasteiger partial charge in [-0.1, -0.05) is 6.07 Å². The zero-order valence-corrected chi connectivity index (χ0v) is 35.7. The van der Waals surface area contributed by atoms with Crippen LogP contribution < -0.4 is 20.4 Å². The molecular formula is C47H55F3N8O5. The molecule has 0 unspecified atom stereocenters. The lowest BCUT2D eigenvalue weighted by Crippen LogP contribution is -2.52. The fourth-order valence-corrected chi connectivity index (χ4v) is 10.7. The van der Waals surface area contributed by atoms with Gasteiger partial charge in [0.1, 0.15) is 0 Å². The number of nitrogens with zero attached hydrogens (tertiary/aromatic N) is 6. The van der Waals surface area contributed by atoms with Crippen LogP contribution in [-0.4, -0.2) is 107 Å². The van der Waals surface area contributed by atoms with Gasteiger partial charge in [0.15, 0.2) is 17.4 Å². The number of piperidine rings is 1. The minimum Gasteiger partial charge on any atom is -0.503 e. The van der Waals surface area contributed by atoms with Crippen molar-refractivity contribution in [3.8, 4) is 5.75 Å². The Morgan fingerprint density at radius 2 is 1.57 bits per heavy atom. The second kappa shape index (κ2) is 17.5. The summed E-state index contributed by atoms with van der Waals surface area (Å²) in [6, 6.07) is 12.9. The number of imide groups is 1. The molecule has 1 aromatic heterocycles. The topological polar surface area (TPSA) is 143 Å². The van der Waals surface area contributed by atoms with Gasteiger partial charge in [-0.2, -0.15) is 9.49 Å². The summed E-state index contributed by atoms with van der Waals surface area (Å²) < 4.78 is 43.7. The number of phenols is 1. The maximum atomic E-state index is 14.2. The Kier molecular flexibility index (Phi) is 11.8. The zero-order chi connectivity index (χ0) is 44.0. The lowest BCUT2D eigenvalue weighted by molar-refractivity contribution is -0.120. The molecule has 5 aliphatic rings. The third-order valence-electron chi connectivity index (χ3n) is 14.8. The predicted octanol–water partition coefficient (Wildman–Crippen LogP) is 7.06. The number of phenolic OH excluding ortho intramolecular Hbond substituents is 1. The quantitative estimate of drug-likeness (QED) is 0.160. The second-order valence-corrected chi connectivity index (χ2v) is 18.4. The Bertz CT molecular complexity index is 2410. The number of carbonyl (C=O) groups is 4. The molecule has 3 N–H and O–H groups in total. The van der Waals surface area contributed by atoms with E-state index in [2.05, 4.69) is 49.5 Å². The lowest BCUT2D eigenvalue weighted by atomic mass is 9.66. The largest absolute Gasteiger partial charge is 0.503 e. The molecule has 5 amide bonds. The van der Waals surface area contributed by atoms with Crippen molar-refractivity contribution < 1.29 is 37.5 Å². The molecule has 3 aromatic carbocycles. The van der Waals surface area contributed by atoms with Crippen molar-refractivity contribution in [1.82, 2.24) is 30.2 Å². The van der Waals surface area contributed by atoms with Crippen molar-refractivity contribution in [2.75, 3.05) is 62.2 Å². The molecule has 3 saturated heterocycles. The Hall–Kier alpha value is -5.64. The summed E-state index contributed by atoms with van der Waals surface area (Å²) in [5.41, 5.74) is 3.77. The molecule has 4 heterocycles. The molecule has 334 valence electrons. The van der Waals surface area contributed by atoms with Crippen molar-refractivity contribution in [1.29, 1.82) is 0 Å². The number of nitrogens with one attached hydrogen (secondary N) is 2. The number of halogens is 3. The molecule has 5 fully saturated rings. The number of likely N-dealkylation sites (tertiary alicyclic amines) is 1. The molecule has 13 nitrogen and oxygen atoms in total. The van der Waals surface area contributed by atoms with E-state index in [1.807, 2.05) is 24.0 Å². The van der Waals surface area contributed by atoms with Crippen LogP contribution in [0.1, 0.15) is 103 Å². The average molecular weight is 869 g/mol. The first kappa shape index (κ1) is 42.7. The summed E-state index contributed by atoms with van der Waals surface area (Å²) in [7, 11) is 0. The predicted molar refractivity (Wildman–Crippen MR) is 231 cm³/mol. The molecule has 4 aromatic rings. The molecule has 0 atom stereocenters. The van der Waals surface area contributed by atoms with Crippen LogP contribution in [0.4, 0.5) is 29.3 Å². The normalized spacial score (nSPS) is 22.4. The highest BCUT2D eigenvalue weighted by molar-refractivity contribution is 6.06. The molecule has 9 rings (SSSR count). The smallest absolute Gasteiger partial charge is 0.328 e. The van der Waals surface area contributed by atoms with Crippen LogP contribution in [0.15, 0.2) is 48.7 Å². The number of fused-ring (bicyclic) bond motifs is 1. The number of aryl methyl sites for hydroxylation is 1. The van der Waals surface area contributed by atoms with Crippen molar-refractivity contribution >= 4 is 46.0 Å². The van der Waals surface area contributed by atoms with Crippen LogP contribution in [0.5, 0.6) is 5.75 Å². The Morgan fingerprint density at radius 1 is 0.841 bits per heavy atom. The molecule has 16 heteroatoms. The van der Waals surface area contributed by atoms with E-state index in [4.69, 9.17) is 5.10 Å². The molecule has 63 heavy (non-hydrogen) atoms. The summed E-state index contributed by atoms with van der Waals surface area (Å²) in [5, 5.41) is 20.3. The molecule has 2 saturated carbocycles. The number of aromatic hydroxyl groups is 1. The third-order valence-corrected chi connectivity index (χ3v) is 14.8. The van der Waals surface area contributed by atoms with Gasteiger partial charge in [-0.25, -0.2) is 13.6 Å². The Morgan fingerprint density at radius 3 is 2.29 bits per heavy atom. The number of urea groups is 1. The van der Waals surface area contributed by atoms with E-state index >= 15 is 0 Å². The zero-order valence-electron chi connectivity index (χ0n) is 35.7. The van der Waals surface area contributed by atoms with E-state index in [9.17, 15) is 37.5 Å². The number of piperazine rings is 1. The van der Waals surface area contributed by atoms with Crippen LogP contribution in [0, 0.1) is 35.7 Å². The number of hydrogen-bond acceptors (Lipinski definition) is 8. The van der Waals surface area contributed by atoms with Crippen LogP contribution >= 0.6 is 0 Å². The molecule has 1 spiro atoms. The minimum absolute atomic E-state index is 0.00481. The number of anilines is 2. The fourth-order valence-electron chi connectivity index (χ4n) is 10.7. The first-order chi connectivity index (χ1) is 30.3. The minimum atomic E-state index is -1.78. The standard InChI is InChI=1S/C47H55F3N8O5/c1-29-2-5-31(24-39(29)57-17-12-40(59)52-46(57)63)45(62)56-18-15-47(16-19-56)13-10-33(11-14-47)54-20-22-55(23-21-54)35-9-6-32-28-58(53-38(32)25-35)34-7-3-30(4-8-34)27-51-44(61)36-26-37(48)43(60)42(50)41(36)49/h2,5-6,9,24-26,28,30,33-34,60H,3-4,7-8,10-23,27H2,1H3,(H,51,61)(H,52,59,63). The second-order valence-electron chi connectivity index (χ2n) is 18.4. The third kappa shape index (κ3) is 8.70. The van der Waals surface area contributed by atoms with Gasteiger partial charge >= 0.3 is 6.03 Å². The molecule has 2 aliphatic carbocycles. The lowest BCUT2D eigenvalue weighted by Gasteiger charge is -2.49. The van der Waals surface area contributed by atoms with E-state index in [0.29, 0.717) is 29.9 Å². The van der Waals surface area contributed by atoms with E-state index in [1.165, 1.54) is 31.4 Å². The van der Waals surface area contributed by atoms with Gasteiger partial charge in [0, 0.05) is 93.3 Å². The van der Waals surface area contributed by atoms with Gasteiger partial charge in [-0.3, -0.25) is 34.2 Å². The van der Waals surface area contributed by atoms with Gasteiger partial charge in [0.05, 0.1) is 17.1 Å². The van der Waals surface area contributed by atoms with Crippen molar-refractivity contribution in [3.63, 3.8) is 0 Å². The fraction of sp³-hybridized carbons (Fsp3) is 0.511. The first-order valence-corrected chi connectivity index (χ1v) is 22.5. The molecule has 0 bridgehead atoms. The van der Waals surface area contributed by atoms with Gasteiger partial charge in [0.2, 0.25) is 11.7 Å². The van der Waals surface area contributed by atoms with Crippen molar-refractivity contribution in [2.45, 2.75) is 89.6 Å². The molecule has 3 aliphatic heterocycles. The van der Waals surface area contributed by atoms with Gasteiger partial charge in [-0.15, -0.1) is 0 Å². The van der Waals surface area contributed by atoms with Crippen LogP contribution in [0.2, 0.25) is 0 Å². The Labute approximate surface area is 364 Å². The molecule has 0 radical (unpaired) electrons. The van der Waals surface area contributed by atoms with E-state index in [-0.39, 0.29) is 42.2 Å². The highest BCUT2D eigenvalue weighted by atomic mass is 19.2. The monoisotopic (exact) mass is 868 g/mol. The van der Waals surface area contributed by atoms with Crippen LogP contribution in [-0.2, 0) is 4.79 Å². The summed E-state index contributed by atoms with van der Waals surface area (Å²) in [5.74, 6) is -7.24. The van der Waals surface area contributed by atoms with Crippen molar-refractivity contribution in [2.24, 2.45) is 11.3 Å². The van der Waals surface area contributed by atoms with Gasteiger partial charge in [-0.05, 0) is 124 Å². The summed E-state index contributed by atoms with van der Waals surface area (Å²) in [6.45, 7) is 7.87. The SMILES string of the molecule is Cc1ccc(C(=O)N2CCC3(CCC(N4CCN(c5ccc6cn(C7CCC(CNC(=O)c8cc(F)c(O)c(F)c8F)CC7)nc6c5)CC4)CC3)CC2)cc1N1CCC(=O)NC1=O. The van der Waals surface area contributed by atoms with E-state index in [1.54, 1.807) is 11.0 Å². The van der Waals surface area contributed by atoms with E-state index in [0.717, 1.165) is 94.3 Å². The maximum Gasteiger partial charge on any atom is 0.328 e. The number of aromatic nitrogens is 2. The number of amides is 5. The first-order valence-electron chi connectivity index (χ1n) is 22.5.